The number of carbonyl (C=O) groups excluding carboxylic acids is 3. The standard InChI is InChI=1S/C17H33N5O5/c1-10(2)8-13(22-15(25)11(3)19)17(27)21-12(6-4-5-7-18)16(26)20-9-14(23)24/h10-13H,4-9,18-19H2,1-3H3,(H,20,26)(H,21,27)(H,22,25)(H,23,24). The highest BCUT2D eigenvalue weighted by Crippen LogP contribution is 2.07. The molecule has 0 aromatic heterocycles. The number of hydrogen-bond donors (Lipinski definition) is 6. The number of carbonyl (C=O) groups is 4. The first-order valence-corrected chi connectivity index (χ1v) is 9.14. The first-order valence-electron chi connectivity index (χ1n) is 9.14. The third-order valence-corrected chi connectivity index (χ3v) is 3.75. The van der Waals surface area contributed by atoms with Crippen LogP contribution >= 0.6 is 0 Å². The van der Waals surface area contributed by atoms with E-state index >= 15 is 0 Å². The van der Waals surface area contributed by atoms with Crippen LogP contribution < -0.4 is 27.4 Å². The number of nitrogens with one attached hydrogen (secondary N) is 3. The summed E-state index contributed by atoms with van der Waals surface area (Å²) >= 11 is 0. The highest BCUT2D eigenvalue weighted by atomic mass is 16.4. The van der Waals surface area contributed by atoms with Gasteiger partial charge in [-0.3, -0.25) is 19.2 Å². The third kappa shape index (κ3) is 11.2. The van der Waals surface area contributed by atoms with E-state index in [1.54, 1.807) is 0 Å². The third-order valence-electron chi connectivity index (χ3n) is 3.75. The van der Waals surface area contributed by atoms with E-state index in [-0.39, 0.29) is 5.92 Å². The lowest BCUT2D eigenvalue weighted by Gasteiger charge is -2.24. The van der Waals surface area contributed by atoms with Crippen LogP contribution in [0.2, 0.25) is 0 Å². The van der Waals surface area contributed by atoms with Crippen LogP contribution in [0.5, 0.6) is 0 Å². The Kier molecular flexibility index (Phi) is 12.0. The summed E-state index contributed by atoms with van der Waals surface area (Å²) in [6, 6.07) is -2.52. The summed E-state index contributed by atoms with van der Waals surface area (Å²) in [6.45, 7) is 5.21. The van der Waals surface area contributed by atoms with E-state index < -0.39 is 48.4 Å². The van der Waals surface area contributed by atoms with Gasteiger partial charge in [-0.05, 0) is 45.1 Å². The van der Waals surface area contributed by atoms with Crippen LogP contribution in [0.3, 0.4) is 0 Å². The fourth-order valence-corrected chi connectivity index (χ4v) is 2.33. The molecule has 0 fully saturated rings. The van der Waals surface area contributed by atoms with Crippen LogP contribution in [0.25, 0.3) is 0 Å². The SMILES string of the molecule is CC(C)CC(NC(=O)C(C)N)C(=O)NC(CCCCN)C(=O)NCC(=O)O. The molecule has 0 aliphatic heterocycles. The van der Waals surface area contributed by atoms with Crippen LogP contribution in [0, 0.1) is 5.92 Å². The van der Waals surface area contributed by atoms with E-state index in [2.05, 4.69) is 16.0 Å². The van der Waals surface area contributed by atoms with Gasteiger partial charge in [0.2, 0.25) is 17.7 Å². The molecule has 3 unspecified atom stereocenters. The first kappa shape index (κ1) is 24.8. The molecule has 0 rings (SSSR count). The maximum absolute atomic E-state index is 12.6. The highest BCUT2D eigenvalue weighted by Gasteiger charge is 2.27. The van der Waals surface area contributed by atoms with Gasteiger partial charge < -0.3 is 32.5 Å². The Balaban J connectivity index is 5.11. The number of carboxylic acid groups (broad SMARTS) is 1. The smallest absolute Gasteiger partial charge is 0.322 e. The maximum Gasteiger partial charge on any atom is 0.322 e. The molecule has 0 aromatic carbocycles. The second-order valence-corrected chi connectivity index (χ2v) is 6.94. The van der Waals surface area contributed by atoms with Gasteiger partial charge in [-0.1, -0.05) is 13.8 Å². The average molecular weight is 387 g/mol. The van der Waals surface area contributed by atoms with E-state index in [0.29, 0.717) is 32.2 Å². The summed E-state index contributed by atoms with van der Waals surface area (Å²) in [7, 11) is 0. The molecule has 10 heteroatoms. The van der Waals surface area contributed by atoms with Gasteiger partial charge in [0.25, 0.3) is 0 Å². The lowest BCUT2D eigenvalue weighted by molar-refractivity contribution is -0.138. The molecular weight excluding hydrogens is 354 g/mol. The van der Waals surface area contributed by atoms with E-state index in [9.17, 15) is 19.2 Å². The summed E-state index contributed by atoms with van der Waals surface area (Å²) in [5.74, 6) is -2.64. The van der Waals surface area contributed by atoms with Crippen molar-refractivity contribution in [2.24, 2.45) is 17.4 Å². The molecule has 8 N–H and O–H groups in total. The van der Waals surface area contributed by atoms with E-state index in [4.69, 9.17) is 16.6 Å². The fraction of sp³-hybridized carbons (Fsp3) is 0.765. The van der Waals surface area contributed by atoms with E-state index in [0.717, 1.165) is 0 Å². The van der Waals surface area contributed by atoms with Gasteiger partial charge in [0.05, 0.1) is 6.04 Å². The van der Waals surface area contributed by atoms with Gasteiger partial charge in [0.1, 0.15) is 18.6 Å². The Hall–Kier alpha value is -2.20. The second-order valence-electron chi connectivity index (χ2n) is 6.94. The molecule has 27 heavy (non-hydrogen) atoms. The van der Waals surface area contributed by atoms with Gasteiger partial charge in [0.15, 0.2) is 0 Å². The number of nitrogens with two attached hydrogens (primary N) is 2. The Morgan fingerprint density at radius 2 is 1.52 bits per heavy atom. The van der Waals surface area contributed by atoms with Crippen LogP contribution in [0.4, 0.5) is 0 Å². The average Bonchev–Trinajstić information content (AvgIpc) is 2.57. The van der Waals surface area contributed by atoms with Crippen LogP contribution in [0.1, 0.15) is 46.5 Å². The fourth-order valence-electron chi connectivity index (χ4n) is 2.33. The molecule has 0 aromatic rings. The monoisotopic (exact) mass is 387 g/mol. The zero-order valence-corrected chi connectivity index (χ0v) is 16.3. The summed E-state index contributed by atoms with van der Waals surface area (Å²) in [6.07, 6.45) is 1.93. The van der Waals surface area contributed by atoms with E-state index in [1.165, 1.54) is 6.92 Å². The Bertz CT molecular complexity index is 510. The van der Waals surface area contributed by atoms with Gasteiger partial charge in [0, 0.05) is 0 Å². The van der Waals surface area contributed by atoms with Crippen LogP contribution in [0.15, 0.2) is 0 Å². The maximum atomic E-state index is 12.6. The predicted molar refractivity (Wildman–Crippen MR) is 101 cm³/mol. The summed E-state index contributed by atoms with van der Waals surface area (Å²) < 4.78 is 0. The first-order chi connectivity index (χ1) is 12.6. The molecule has 3 amide bonds. The van der Waals surface area contributed by atoms with Gasteiger partial charge >= 0.3 is 5.97 Å². The Labute approximate surface area is 159 Å². The van der Waals surface area contributed by atoms with Crippen molar-refractivity contribution in [2.75, 3.05) is 13.1 Å². The van der Waals surface area contributed by atoms with Crippen molar-refractivity contribution in [3.8, 4) is 0 Å². The Morgan fingerprint density at radius 3 is 2.00 bits per heavy atom. The lowest BCUT2D eigenvalue weighted by atomic mass is 10.0. The van der Waals surface area contributed by atoms with Crippen molar-refractivity contribution in [1.29, 1.82) is 0 Å². The molecule has 3 atom stereocenters. The van der Waals surface area contributed by atoms with Gasteiger partial charge in [-0.25, -0.2) is 0 Å². The molecule has 10 nitrogen and oxygen atoms in total. The highest BCUT2D eigenvalue weighted by molar-refractivity contribution is 5.93. The lowest BCUT2D eigenvalue weighted by Crippen LogP contribution is -2.56. The topological polar surface area (TPSA) is 177 Å². The number of aliphatic carboxylic acids is 1. The second kappa shape index (κ2) is 13.0. The molecule has 0 saturated heterocycles. The van der Waals surface area contributed by atoms with Crippen molar-refractivity contribution in [1.82, 2.24) is 16.0 Å². The molecule has 0 bridgehead atoms. The Morgan fingerprint density at radius 1 is 0.926 bits per heavy atom. The van der Waals surface area contributed by atoms with Crippen molar-refractivity contribution in [2.45, 2.75) is 64.6 Å². The van der Waals surface area contributed by atoms with E-state index in [1.807, 2.05) is 13.8 Å². The van der Waals surface area contributed by atoms with Gasteiger partial charge in [-0.15, -0.1) is 0 Å². The zero-order chi connectivity index (χ0) is 21.0. The van der Waals surface area contributed by atoms with Crippen molar-refractivity contribution < 1.29 is 24.3 Å². The minimum absolute atomic E-state index is 0.116. The number of rotatable bonds is 13. The normalized spacial score (nSPS) is 14.1. The molecule has 0 saturated carbocycles. The largest absolute Gasteiger partial charge is 0.480 e. The molecule has 0 aliphatic carbocycles. The number of unbranched alkanes of at least 4 members (excludes halogenated alkanes) is 1. The number of hydrogen-bond acceptors (Lipinski definition) is 6. The predicted octanol–water partition coefficient (Wildman–Crippen LogP) is -1.32. The minimum Gasteiger partial charge on any atom is -0.480 e. The number of amides is 3. The van der Waals surface area contributed by atoms with Crippen molar-refractivity contribution in [3.05, 3.63) is 0 Å². The van der Waals surface area contributed by atoms with Crippen molar-refractivity contribution in [3.63, 3.8) is 0 Å². The van der Waals surface area contributed by atoms with Crippen LogP contribution in [-0.4, -0.2) is 60.0 Å². The van der Waals surface area contributed by atoms with Gasteiger partial charge in [-0.2, -0.15) is 0 Å². The molecule has 0 aliphatic rings. The summed E-state index contributed by atoms with van der Waals surface area (Å²) in [5, 5.41) is 16.2. The minimum atomic E-state index is -1.18. The number of carboxylic acids is 1. The molecular formula is C17H33N5O5. The molecule has 156 valence electrons. The molecule has 0 radical (unpaired) electrons. The quantitative estimate of drug-likeness (QED) is 0.212. The van der Waals surface area contributed by atoms with Crippen LogP contribution in [-0.2, 0) is 19.2 Å². The zero-order valence-electron chi connectivity index (χ0n) is 16.3. The summed E-state index contributed by atoms with van der Waals surface area (Å²) in [4.78, 5) is 47.4. The molecule has 0 spiro atoms. The molecule has 0 heterocycles. The summed E-state index contributed by atoms with van der Waals surface area (Å²) in [5.41, 5.74) is 11.0. The van der Waals surface area contributed by atoms with Crippen molar-refractivity contribution >= 4 is 23.7 Å².